The maximum Gasteiger partial charge on any atom is 0.155 e. The molecule has 0 aromatic carbocycles. The summed E-state index contributed by atoms with van der Waals surface area (Å²) in [5.41, 5.74) is 3.12. The van der Waals surface area contributed by atoms with E-state index >= 15 is 0 Å². The highest BCUT2D eigenvalue weighted by Crippen LogP contribution is 2.67. The molecule has 4 rings (SSSR count). The van der Waals surface area contributed by atoms with Gasteiger partial charge in [-0.2, -0.15) is 0 Å². The van der Waals surface area contributed by atoms with Crippen molar-refractivity contribution in [2.45, 2.75) is 65.2 Å². The largest absolute Gasteiger partial charge is 0.392 e. The number of fused-ring (bicyclic) bond motifs is 5. The van der Waals surface area contributed by atoms with Crippen molar-refractivity contribution in [1.82, 2.24) is 0 Å². The maximum atomic E-state index is 11.9. The summed E-state index contributed by atoms with van der Waals surface area (Å²) in [4.78, 5) is 11.9. The Balaban J connectivity index is 1.65. The van der Waals surface area contributed by atoms with Crippen LogP contribution in [0.4, 0.5) is 0 Å². The predicted molar refractivity (Wildman–Crippen MR) is 96.4 cm³/mol. The number of carbonyl (C=O) groups excluding carboxylic acids is 1. The van der Waals surface area contributed by atoms with Gasteiger partial charge in [0.15, 0.2) is 5.78 Å². The van der Waals surface area contributed by atoms with Crippen LogP contribution in [0.1, 0.15) is 65.2 Å². The van der Waals surface area contributed by atoms with Gasteiger partial charge in [0, 0.05) is 6.42 Å². The molecule has 0 aliphatic heterocycles. The molecule has 4 aliphatic carbocycles. The SMILES string of the molecule is C=C(CO)C1CCC2C3CCC4=CC(=O)CCC4(C)C3CC[C@]12C. The Kier molecular flexibility index (Phi) is 3.84. The third-order valence-corrected chi connectivity index (χ3v) is 8.66. The Hall–Kier alpha value is -0.890. The summed E-state index contributed by atoms with van der Waals surface area (Å²) in [6, 6.07) is 0. The van der Waals surface area contributed by atoms with Crippen LogP contribution in [0.2, 0.25) is 0 Å². The van der Waals surface area contributed by atoms with Crippen molar-refractivity contribution in [3.63, 3.8) is 0 Å². The molecule has 1 N–H and O–H groups in total. The zero-order chi connectivity index (χ0) is 17.1. The smallest absolute Gasteiger partial charge is 0.155 e. The van der Waals surface area contributed by atoms with Crippen molar-refractivity contribution in [2.24, 2.45) is 34.5 Å². The molecule has 5 unspecified atom stereocenters. The van der Waals surface area contributed by atoms with Gasteiger partial charge >= 0.3 is 0 Å². The molecule has 0 heterocycles. The third kappa shape index (κ3) is 2.14. The van der Waals surface area contributed by atoms with E-state index in [1.165, 1.54) is 37.7 Å². The number of aliphatic hydroxyl groups is 1. The second-order valence-corrected chi connectivity index (χ2v) is 9.46. The number of aliphatic hydroxyl groups excluding tert-OH is 1. The molecule has 24 heavy (non-hydrogen) atoms. The minimum Gasteiger partial charge on any atom is -0.392 e. The first-order valence-corrected chi connectivity index (χ1v) is 9.92. The van der Waals surface area contributed by atoms with Gasteiger partial charge in [0.2, 0.25) is 0 Å². The van der Waals surface area contributed by atoms with Gasteiger partial charge in [0.05, 0.1) is 6.61 Å². The van der Waals surface area contributed by atoms with Crippen molar-refractivity contribution < 1.29 is 9.90 Å². The summed E-state index contributed by atoms with van der Waals surface area (Å²) in [7, 11) is 0. The van der Waals surface area contributed by atoms with E-state index in [2.05, 4.69) is 20.4 Å². The highest BCUT2D eigenvalue weighted by molar-refractivity contribution is 5.91. The molecule has 6 atom stereocenters. The third-order valence-electron chi connectivity index (χ3n) is 8.66. The zero-order valence-electron chi connectivity index (χ0n) is 15.3. The van der Waals surface area contributed by atoms with Gasteiger partial charge in [-0.3, -0.25) is 4.79 Å². The number of carbonyl (C=O) groups is 1. The van der Waals surface area contributed by atoms with E-state index in [9.17, 15) is 9.90 Å². The summed E-state index contributed by atoms with van der Waals surface area (Å²) in [5, 5.41) is 9.61. The van der Waals surface area contributed by atoms with Gasteiger partial charge in [-0.25, -0.2) is 0 Å². The summed E-state index contributed by atoms with van der Waals surface area (Å²) in [6.07, 6.45) is 11.3. The average Bonchev–Trinajstić information content (AvgIpc) is 2.92. The number of rotatable bonds is 2. The topological polar surface area (TPSA) is 37.3 Å². The van der Waals surface area contributed by atoms with Crippen LogP contribution in [0.3, 0.4) is 0 Å². The molecule has 2 heteroatoms. The van der Waals surface area contributed by atoms with Crippen LogP contribution in [0, 0.1) is 34.5 Å². The van der Waals surface area contributed by atoms with Crippen molar-refractivity contribution in [2.75, 3.05) is 6.61 Å². The molecule has 0 radical (unpaired) electrons. The molecule has 0 bridgehead atoms. The van der Waals surface area contributed by atoms with Crippen LogP contribution in [-0.4, -0.2) is 17.5 Å². The van der Waals surface area contributed by atoms with Gasteiger partial charge in [-0.05, 0) is 91.1 Å². The van der Waals surface area contributed by atoms with E-state index in [-0.39, 0.29) is 12.0 Å². The van der Waals surface area contributed by atoms with E-state index in [1.807, 2.05) is 6.08 Å². The Labute approximate surface area is 146 Å². The number of hydrogen-bond donors (Lipinski definition) is 1. The lowest BCUT2D eigenvalue weighted by Gasteiger charge is -2.58. The first kappa shape index (κ1) is 16.6. The first-order valence-electron chi connectivity index (χ1n) is 9.92. The van der Waals surface area contributed by atoms with Crippen LogP contribution in [-0.2, 0) is 4.79 Å². The standard InChI is InChI=1S/C22H32O2/c1-14(13-23)18-6-7-19-17-5-4-15-12-16(24)8-10-21(15,2)20(17)9-11-22(18,19)3/h12,17-20,23H,1,4-11,13H2,2-3H3/t17?,18?,19?,20?,21?,22-/m1/s1. The molecule has 0 aromatic heterocycles. The van der Waals surface area contributed by atoms with Crippen molar-refractivity contribution >= 4 is 5.78 Å². The highest BCUT2D eigenvalue weighted by Gasteiger charge is 2.59. The van der Waals surface area contributed by atoms with Gasteiger partial charge in [0.25, 0.3) is 0 Å². The minimum atomic E-state index is 0.147. The van der Waals surface area contributed by atoms with Gasteiger partial charge in [0.1, 0.15) is 0 Å². The minimum absolute atomic E-state index is 0.147. The molecule has 0 spiro atoms. The fraction of sp³-hybridized carbons (Fsp3) is 0.773. The van der Waals surface area contributed by atoms with E-state index in [1.54, 1.807) is 0 Å². The molecule has 4 aliphatic rings. The summed E-state index contributed by atoms with van der Waals surface area (Å²) < 4.78 is 0. The van der Waals surface area contributed by atoms with Gasteiger partial charge in [-0.1, -0.05) is 26.0 Å². The molecule has 132 valence electrons. The van der Waals surface area contributed by atoms with E-state index in [4.69, 9.17) is 0 Å². The Morgan fingerprint density at radius 2 is 1.96 bits per heavy atom. The van der Waals surface area contributed by atoms with E-state index in [0.717, 1.165) is 42.6 Å². The molecular weight excluding hydrogens is 296 g/mol. The summed E-state index contributed by atoms with van der Waals surface area (Å²) in [5.74, 6) is 3.19. The fourth-order valence-corrected chi connectivity index (χ4v) is 7.34. The normalized spacial score (nSPS) is 47.5. The van der Waals surface area contributed by atoms with Crippen LogP contribution in [0.25, 0.3) is 0 Å². The van der Waals surface area contributed by atoms with Crippen molar-refractivity contribution in [1.29, 1.82) is 0 Å². The quantitative estimate of drug-likeness (QED) is 0.747. The first-order chi connectivity index (χ1) is 11.4. The molecule has 3 fully saturated rings. The van der Waals surface area contributed by atoms with Crippen molar-refractivity contribution in [3.05, 3.63) is 23.8 Å². The summed E-state index contributed by atoms with van der Waals surface area (Å²) in [6.45, 7) is 9.26. The number of ketones is 1. The second kappa shape index (κ2) is 5.56. The Morgan fingerprint density at radius 1 is 1.17 bits per heavy atom. The van der Waals surface area contributed by atoms with Gasteiger partial charge < -0.3 is 5.11 Å². The molecule has 0 aromatic rings. The Morgan fingerprint density at radius 3 is 2.71 bits per heavy atom. The zero-order valence-corrected chi connectivity index (χ0v) is 15.3. The number of allylic oxidation sites excluding steroid dienone is 1. The van der Waals surface area contributed by atoms with Crippen LogP contribution >= 0.6 is 0 Å². The fourth-order valence-electron chi connectivity index (χ4n) is 7.34. The van der Waals surface area contributed by atoms with Crippen molar-refractivity contribution in [3.8, 4) is 0 Å². The molecule has 2 nitrogen and oxygen atoms in total. The van der Waals surface area contributed by atoms with Crippen LogP contribution in [0.15, 0.2) is 23.8 Å². The monoisotopic (exact) mass is 328 g/mol. The lowest BCUT2D eigenvalue weighted by Crippen LogP contribution is -2.50. The number of hydrogen-bond acceptors (Lipinski definition) is 2. The predicted octanol–water partition coefficient (Wildman–Crippen LogP) is 4.68. The van der Waals surface area contributed by atoms with Crippen LogP contribution in [0.5, 0.6) is 0 Å². The lowest BCUT2D eigenvalue weighted by molar-refractivity contribution is -0.117. The maximum absolute atomic E-state index is 11.9. The van der Waals surface area contributed by atoms with E-state index in [0.29, 0.717) is 17.1 Å². The second-order valence-electron chi connectivity index (χ2n) is 9.46. The Bertz CT molecular complexity index is 603. The lowest BCUT2D eigenvalue weighted by atomic mass is 9.46. The molecular formula is C22H32O2. The summed E-state index contributed by atoms with van der Waals surface area (Å²) >= 11 is 0. The van der Waals surface area contributed by atoms with Crippen LogP contribution < -0.4 is 0 Å². The molecule has 0 amide bonds. The van der Waals surface area contributed by atoms with Gasteiger partial charge in [-0.15, -0.1) is 0 Å². The average molecular weight is 328 g/mol. The molecule has 0 saturated heterocycles. The van der Waals surface area contributed by atoms with E-state index < -0.39 is 0 Å². The molecule has 3 saturated carbocycles. The highest BCUT2D eigenvalue weighted by atomic mass is 16.3.